The zero-order chi connectivity index (χ0) is 53.0. The molecule has 3 aliphatic heterocycles. The largest absolute Gasteiger partial charge is 0.459 e. The van der Waals surface area contributed by atoms with E-state index in [1.54, 1.807) is 46.2 Å². The molecule has 3 fully saturated rings. The van der Waals surface area contributed by atoms with Crippen LogP contribution in [0.5, 0.6) is 0 Å². The van der Waals surface area contributed by atoms with Crippen LogP contribution in [0, 0.1) is 24.7 Å². The Bertz CT molecular complexity index is 2180. The zero-order valence-electron chi connectivity index (χ0n) is 45.2. The Morgan fingerprint density at radius 2 is 1.64 bits per heavy atom. The molecule has 72 heavy (non-hydrogen) atoms. The van der Waals surface area contributed by atoms with E-state index in [4.69, 9.17) is 37.8 Å². The lowest BCUT2D eigenvalue weighted by Crippen LogP contribution is -2.61. The number of carbonyl (C=O) groups is 1. The molecule has 19 nitrogen and oxygen atoms in total. The highest BCUT2D eigenvalue weighted by atomic mass is 16.7. The highest BCUT2D eigenvalue weighted by molar-refractivity contribution is 5.73. The van der Waals surface area contributed by atoms with Crippen molar-refractivity contribution in [2.75, 3.05) is 34.3 Å². The first kappa shape index (κ1) is 57.8. The minimum Gasteiger partial charge on any atom is -0.459 e. The third kappa shape index (κ3) is 13.3. The van der Waals surface area contributed by atoms with Gasteiger partial charge in [-0.1, -0.05) is 44.2 Å². The quantitative estimate of drug-likeness (QED) is 0.142. The van der Waals surface area contributed by atoms with Crippen LogP contribution in [0.1, 0.15) is 112 Å². The van der Waals surface area contributed by atoms with Crippen molar-refractivity contribution in [2.24, 2.45) is 17.8 Å². The average molecular weight is 1020 g/mol. The second kappa shape index (κ2) is 24.0. The second-order valence-corrected chi connectivity index (χ2v) is 22.0. The summed E-state index contributed by atoms with van der Waals surface area (Å²) in [6, 6.07) is 8.81. The molecule has 0 bridgehead atoms. The number of ether oxygens (including phenoxy) is 6. The fourth-order valence-corrected chi connectivity index (χ4v) is 11.3. The van der Waals surface area contributed by atoms with Crippen molar-refractivity contribution in [2.45, 2.75) is 212 Å². The predicted octanol–water partition coefficient (Wildman–Crippen LogP) is 4.31. The first-order chi connectivity index (χ1) is 33.8. The minimum atomic E-state index is -1.83. The number of aliphatic hydroxyl groups is 5. The summed E-state index contributed by atoms with van der Waals surface area (Å²) in [7, 11) is 5.29. The number of aromatic nitrogens is 4. The van der Waals surface area contributed by atoms with Crippen molar-refractivity contribution < 1.29 is 63.2 Å². The van der Waals surface area contributed by atoms with Crippen LogP contribution in [0.3, 0.4) is 0 Å². The van der Waals surface area contributed by atoms with Gasteiger partial charge < -0.3 is 68.2 Å². The van der Waals surface area contributed by atoms with E-state index in [2.05, 4.69) is 15.2 Å². The lowest BCUT2D eigenvalue weighted by atomic mass is 9.77. The zero-order valence-corrected chi connectivity index (χ0v) is 45.2. The SMILES string of the molecule is CC[C@H]1OC(=O)[C@H](C)[C@@H](O[C@H]2C[C@@](C)(OC)[C@@H](O)[C@H](C)O2)[C@H](C)[C@@H](O[C@@H]2O[C@H](C)C[C@H](N(C)CCc3cn(CCc4nc(-c5ccccc5)oc4C)nn3)[C@H]2O)[C@](C)(O)C[C@@H](C)CN(C)[C@H](C)[C@@H](O)[C@]1(C)O. The van der Waals surface area contributed by atoms with E-state index in [1.165, 1.54) is 14.0 Å². The number of aryl methyl sites for hydroxylation is 3. The standard InChI is InChI=1S/C53H86N6O13/c1-15-41-53(11,65)45(61)34(6)58(13)28-30(2)26-51(9,64)47(32(4)44(33(5)49(63)70-41)71-42-27-52(10,66-14)46(62)36(8)68-42)72-50-43(60)40(25-31(3)67-50)57(12)23-21-38-29-59(56-55-38)24-22-39-35(7)69-48(54-39)37-19-17-16-18-20-37/h16-20,29-34,36,40-47,50,60-62,64-65H,15,21-28H2,1-14H3/t30-,31-,32+,33-,34-,36+,40+,41-,42+,43-,44+,45-,46+,47-,50+,51-,52-,53-/m1/s1. The molecule has 0 saturated carbocycles. The highest BCUT2D eigenvalue weighted by Gasteiger charge is 2.53. The molecular weight excluding hydrogens is 929 g/mol. The van der Waals surface area contributed by atoms with Gasteiger partial charge in [0.2, 0.25) is 5.89 Å². The maximum Gasteiger partial charge on any atom is 0.311 e. The molecule has 0 radical (unpaired) electrons. The Balaban J connectivity index is 1.24. The number of likely N-dealkylation sites (N-methyl/N-ethyl adjacent to an activating group) is 2. The van der Waals surface area contributed by atoms with Crippen molar-refractivity contribution in [3.63, 3.8) is 0 Å². The van der Waals surface area contributed by atoms with Gasteiger partial charge in [-0.25, -0.2) is 4.98 Å². The number of benzene rings is 1. The van der Waals surface area contributed by atoms with Gasteiger partial charge >= 0.3 is 5.97 Å². The molecule has 0 amide bonds. The highest BCUT2D eigenvalue weighted by Crippen LogP contribution is 2.40. The third-order valence-corrected chi connectivity index (χ3v) is 15.9. The van der Waals surface area contributed by atoms with E-state index in [0.717, 1.165) is 22.7 Å². The average Bonchev–Trinajstić information content (AvgIpc) is 3.96. The number of rotatable bonds is 14. The molecule has 3 aromatic rings. The van der Waals surface area contributed by atoms with Gasteiger partial charge in [-0.05, 0) is 107 Å². The molecule has 1 aromatic carbocycles. The molecule has 6 rings (SSSR count). The number of hydrogen-bond donors (Lipinski definition) is 5. The molecule has 2 aromatic heterocycles. The van der Waals surface area contributed by atoms with Crippen LogP contribution >= 0.6 is 0 Å². The fraction of sp³-hybridized carbons (Fsp3) is 0.774. The van der Waals surface area contributed by atoms with Crippen molar-refractivity contribution in [3.8, 4) is 11.5 Å². The number of hydrogen-bond acceptors (Lipinski definition) is 18. The lowest BCUT2D eigenvalue weighted by Gasteiger charge is -2.49. The Morgan fingerprint density at radius 3 is 2.31 bits per heavy atom. The lowest BCUT2D eigenvalue weighted by molar-refractivity contribution is -0.318. The molecule has 5 heterocycles. The summed E-state index contributed by atoms with van der Waals surface area (Å²) >= 11 is 0. The number of aliphatic hydroxyl groups excluding tert-OH is 3. The van der Waals surface area contributed by atoms with E-state index in [0.29, 0.717) is 44.8 Å². The number of nitrogens with zero attached hydrogens (tertiary/aromatic N) is 6. The van der Waals surface area contributed by atoms with Crippen LogP contribution in [0.25, 0.3) is 11.5 Å². The van der Waals surface area contributed by atoms with Crippen LogP contribution < -0.4 is 0 Å². The summed E-state index contributed by atoms with van der Waals surface area (Å²) in [6.45, 7) is 21.0. The minimum absolute atomic E-state index is 0.104. The predicted molar refractivity (Wildman–Crippen MR) is 267 cm³/mol. The smallest absolute Gasteiger partial charge is 0.311 e. The molecule has 5 N–H and O–H groups in total. The van der Waals surface area contributed by atoms with Gasteiger partial charge in [0.15, 0.2) is 12.6 Å². The Kier molecular flexibility index (Phi) is 19.3. The first-order valence-electron chi connectivity index (χ1n) is 26.0. The van der Waals surface area contributed by atoms with Crippen molar-refractivity contribution in [3.05, 3.63) is 53.7 Å². The Hall–Kier alpha value is -3.44. The number of esters is 1. The molecule has 3 saturated heterocycles. The van der Waals surface area contributed by atoms with Gasteiger partial charge in [-0.15, -0.1) is 5.10 Å². The van der Waals surface area contributed by atoms with Crippen LogP contribution in [-0.2, 0) is 52.6 Å². The van der Waals surface area contributed by atoms with E-state index < -0.39 is 102 Å². The summed E-state index contributed by atoms with van der Waals surface area (Å²) in [5.74, 6) is -1.42. The summed E-state index contributed by atoms with van der Waals surface area (Å²) in [5, 5.41) is 68.6. The van der Waals surface area contributed by atoms with E-state index in [9.17, 15) is 30.3 Å². The van der Waals surface area contributed by atoms with E-state index in [1.807, 2.05) is 83.2 Å². The third-order valence-electron chi connectivity index (χ3n) is 15.9. The monoisotopic (exact) mass is 1010 g/mol. The Morgan fingerprint density at radius 1 is 0.944 bits per heavy atom. The maximum atomic E-state index is 14.5. The molecule has 19 heteroatoms. The van der Waals surface area contributed by atoms with Crippen LogP contribution in [0.15, 0.2) is 40.9 Å². The van der Waals surface area contributed by atoms with Gasteiger partial charge in [-0.2, -0.15) is 0 Å². The van der Waals surface area contributed by atoms with Gasteiger partial charge in [0.25, 0.3) is 0 Å². The Labute approximate surface area is 426 Å². The molecule has 18 atom stereocenters. The maximum absolute atomic E-state index is 14.5. The molecule has 0 aliphatic carbocycles. The number of cyclic esters (lactones) is 1. The molecule has 3 aliphatic rings. The summed E-state index contributed by atoms with van der Waals surface area (Å²) in [4.78, 5) is 23.2. The molecule has 0 unspecified atom stereocenters. The van der Waals surface area contributed by atoms with Crippen LogP contribution in [0.4, 0.5) is 0 Å². The molecule has 0 spiro atoms. The van der Waals surface area contributed by atoms with Gasteiger partial charge in [-0.3, -0.25) is 9.48 Å². The molecular formula is C53H86N6O13. The van der Waals surface area contributed by atoms with Gasteiger partial charge in [0.1, 0.15) is 35.8 Å². The van der Waals surface area contributed by atoms with E-state index >= 15 is 0 Å². The molecule has 406 valence electrons. The normalized spacial score (nSPS) is 39.1. The van der Waals surface area contributed by atoms with Crippen molar-refractivity contribution in [1.29, 1.82) is 0 Å². The van der Waals surface area contributed by atoms with Crippen molar-refractivity contribution in [1.82, 2.24) is 29.8 Å². The van der Waals surface area contributed by atoms with Crippen LogP contribution in [0.2, 0.25) is 0 Å². The topological polar surface area (TPSA) is 237 Å². The van der Waals surface area contributed by atoms with Crippen molar-refractivity contribution >= 4 is 5.97 Å². The van der Waals surface area contributed by atoms with Crippen LogP contribution in [-0.4, -0.2) is 186 Å². The van der Waals surface area contributed by atoms with E-state index in [-0.39, 0.29) is 31.3 Å². The fourth-order valence-electron chi connectivity index (χ4n) is 11.3. The number of carbonyl (C=O) groups excluding carboxylic acids is 1. The summed E-state index contributed by atoms with van der Waals surface area (Å²) in [5.41, 5.74) is -1.95. The number of methoxy groups -OCH3 is 1. The summed E-state index contributed by atoms with van der Waals surface area (Å²) < 4.78 is 46.1. The summed E-state index contributed by atoms with van der Waals surface area (Å²) in [6.07, 6.45) is -5.91. The second-order valence-electron chi connectivity index (χ2n) is 22.0. The first-order valence-corrected chi connectivity index (χ1v) is 26.0. The van der Waals surface area contributed by atoms with Gasteiger partial charge in [0.05, 0.1) is 52.9 Å². The van der Waals surface area contributed by atoms with Gasteiger partial charge in [0, 0.05) is 75.8 Å². The number of oxazole rings is 1.